The number of halogens is 2. The highest BCUT2D eigenvalue weighted by molar-refractivity contribution is 5.53. The molecule has 0 heterocycles. The molecule has 166 valence electrons. The summed E-state index contributed by atoms with van der Waals surface area (Å²) >= 11 is 0. The van der Waals surface area contributed by atoms with E-state index in [0.29, 0.717) is 19.6 Å². The van der Waals surface area contributed by atoms with E-state index in [2.05, 4.69) is 10.1 Å². The number of aliphatic hydroxyl groups excluding tert-OH is 1. The van der Waals surface area contributed by atoms with Crippen LogP contribution in [0, 0.1) is 5.92 Å². The molecule has 2 N–H and O–H groups in total. The average Bonchev–Trinajstić information content (AvgIpc) is 2.73. The highest BCUT2D eigenvalue weighted by atomic mass is 19.3. The van der Waals surface area contributed by atoms with Crippen molar-refractivity contribution in [1.29, 1.82) is 0 Å². The zero-order valence-electron chi connectivity index (χ0n) is 17.8. The van der Waals surface area contributed by atoms with Crippen LogP contribution in [0.2, 0.25) is 0 Å². The molecule has 0 spiro atoms. The number of aliphatic hydroxyl groups is 1. The molecule has 2 rings (SSSR count). The van der Waals surface area contributed by atoms with Crippen molar-refractivity contribution in [3.05, 3.63) is 53.6 Å². The van der Waals surface area contributed by atoms with Crippen LogP contribution in [0.3, 0.4) is 0 Å². The molecular weight excluding hydrogens is 394 g/mol. The molecule has 0 unspecified atom stereocenters. The lowest BCUT2D eigenvalue weighted by atomic mass is 9.95. The summed E-state index contributed by atoms with van der Waals surface area (Å²) in [7, 11) is 6.69. The fraction of sp³-hybridized carbons (Fsp3) is 0.455. The van der Waals surface area contributed by atoms with Gasteiger partial charge in [-0.25, -0.2) is 0 Å². The minimum Gasteiger partial charge on any atom is -0.493 e. The van der Waals surface area contributed by atoms with Crippen LogP contribution in [-0.4, -0.2) is 58.0 Å². The maximum absolute atomic E-state index is 12.7. The van der Waals surface area contributed by atoms with Crippen LogP contribution >= 0.6 is 0 Å². The Hall–Kier alpha value is -2.42. The molecule has 0 bridgehead atoms. The van der Waals surface area contributed by atoms with Crippen molar-refractivity contribution in [2.75, 3.05) is 41.4 Å². The van der Waals surface area contributed by atoms with Gasteiger partial charge in [-0.15, -0.1) is 0 Å². The van der Waals surface area contributed by atoms with E-state index in [1.165, 1.54) is 14.2 Å². The summed E-state index contributed by atoms with van der Waals surface area (Å²) in [6.07, 6.45) is -0.619. The van der Waals surface area contributed by atoms with E-state index < -0.39 is 12.7 Å². The summed E-state index contributed by atoms with van der Waals surface area (Å²) in [6, 6.07) is 12.8. The summed E-state index contributed by atoms with van der Waals surface area (Å²) in [6.45, 7) is -1.30. The molecule has 0 aliphatic carbocycles. The normalized spacial score (nSPS) is 13.4. The van der Waals surface area contributed by atoms with Gasteiger partial charge >= 0.3 is 6.61 Å². The second kappa shape index (κ2) is 11.7. The van der Waals surface area contributed by atoms with Crippen LogP contribution < -0.4 is 19.5 Å². The highest BCUT2D eigenvalue weighted by Crippen LogP contribution is 2.39. The number of hydrogen-bond acceptors (Lipinski definition) is 6. The Bertz CT molecular complexity index is 750. The predicted octanol–water partition coefficient (Wildman–Crippen LogP) is 3.31. The molecule has 30 heavy (non-hydrogen) atoms. The Morgan fingerprint density at radius 2 is 1.63 bits per heavy atom. The molecule has 6 nitrogen and oxygen atoms in total. The van der Waals surface area contributed by atoms with Gasteiger partial charge in [-0.05, 0) is 37.4 Å². The molecule has 2 atom stereocenters. The SMILES string of the molecule is COc1cc(CNC[C@@H](CN(C)C)[C@H](O)c2ccccc2)cc(OC)c1OC(F)F. The van der Waals surface area contributed by atoms with E-state index >= 15 is 0 Å². The van der Waals surface area contributed by atoms with Crippen LogP contribution in [0.25, 0.3) is 0 Å². The third-order valence-corrected chi connectivity index (χ3v) is 4.65. The van der Waals surface area contributed by atoms with Gasteiger partial charge in [0.25, 0.3) is 0 Å². The summed E-state index contributed by atoms with van der Waals surface area (Å²) in [4.78, 5) is 2.03. The van der Waals surface area contributed by atoms with Crippen LogP contribution in [0.15, 0.2) is 42.5 Å². The first kappa shape index (κ1) is 23.9. The summed E-state index contributed by atoms with van der Waals surface area (Å²) in [5, 5.41) is 14.2. The summed E-state index contributed by atoms with van der Waals surface area (Å²) < 4.78 is 40.3. The third kappa shape index (κ3) is 6.83. The van der Waals surface area contributed by atoms with E-state index in [-0.39, 0.29) is 23.2 Å². The zero-order chi connectivity index (χ0) is 22.1. The number of nitrogens with one attached hydrogen (secondary N) is 1. The molecule has 0 amide bonds. The quantitative estimate of drug-likeness (QED) is 0.545. The Morgan fingerprint density at radius 1 is 1.03 bits per heavy atom. The number of hydrogen-bond donors (Lipinski definition) is 2. The molecule has 0 radical (unpaired) electrons. The van der Waals surface area contributed by atoms with Crippen LogP contribution in [-0.2, 0) is 6.54 Å². The van der Waals surface area contributed by atoms with Crippen molar-refractivity contribution in [2.24, 2.45) is 5.92 Å². The highest BCUT2D eigenvalue weighted by Gasteiger charge is 2.22. The second-order valence-corrected chi connectivity index (χ2v) is 7.22. The zero-order valence-corrected chi connectivity index (χ0v) is 17.8. The number of nitrogens with zero attached hydrogens (tertiary/aromatic N) is 1. The molecule has 0 aromatic heterocycles. The molecule has 2 aromatic rings. The smallest absolute Gasteiger partial charge is 0.387 e. The first-order chi connectivity index (χ1) is 14.3. The average molecular weight is 424 g/mol. The molecule has 0 aliphatic heterocycles. The Morgan fingerprint density at radius 3 is 2.13 bits per heavy atom. The fourth-order valence-corrected chi connectivity index (χ4v) is 3.31. The van der Waals surface area contributed by atoms with Gasteiger partial charge in [0.2, 0.25) is 5.75 Å². The molecule has 0 saturated heterocycles. The van der Waals surface area contributed by atoms with Crippen molar-refractivity contribution < 1.29 is 28.1 Å². The topological polar surface area (TPSA) is 63.2 Å². The fourth-order valence-electron chi connectivity index (χ4n) is 3.31. The van der Waals surface area contributed by atoms with Crippen molar-refractivity contribution in [1.82, 2.24) is 10.2 Å². The molecule has 2 aromatic carbocycles. The maximum atomic E-state index is 12.7. The second-order valence-electron chi connectivity index (χ2n) is 7.22. The predicted molar refractivity (Wildman–Crippen MR) is 111 cm³/mol. The van der Waals surface area contributed by atoms with Gasteiger partial charge in [-0.3, -0.25) is 0 Å². The van der Waals surface area contributed by atoms with Crippen molar-refractivity contribution in [3.63, 3.8) is 0 Å². The summed E-state index contributed by atoms with van der Waals surface area (Å²) in [5.74, 6) is 0.151. The van der Waals surface area contributed by atoms with Crippen LogP contribution in [0.4, 0.5) is 8.78 Å². The Kier molecular flexibility index (Phi) is 9.29. The number of ether oxygens (including phenoxy) is 3. The van der Waals surface area contributed by atoms with Crippen molar-refractivity contribution in [2.45, 2.75) is 19.3 Å². The van der Waals surface area contributed by atoms with Crippen molar-refractivity contribution >= 4 is 0 Å². The first-order valence-electron chi connectivity index (χ1n) is 9.63. The number of rotatable bonds is 12. The molecule has 8 heteroatoms. The molecule has 0 saturated carbocycles. The van der Waals surface area contributed by atoms with Gasteiger partial charge in [-0.2, -0.15) is 8.78 Å². The van der Waals surface area contributed by atoms with Crippen LogP contribution in [0.5, 0.6) is 17.2 Å². The lowest BCUT2D eigenvalue weighted by molar-refractivity contribution is -0.0526. The molecular formula is C22H30F2N2O4. The van der Waals surface area contributed by atoms with Gasteiger partial charge < -0.3 is 29.5 Å². The Balaban J connectivity index is 2.10. The van der Waals surface area contributed by atoms with E-state index in [9.17, 15) is 13.9 Å². The monoisotopic (exact) mass is 424 g/mol. The van der Waals surface area contributed by atoms with E-state index in [4.69, 9.17) is 9.47 Å². The van der Waals surface area contributed by atoms with E-state index in [1.807, 2.05) is 49.3 Å². The maximum Gasteiger partial charge on any atom is 0.387 e. The third-order valence-electron chi connectivity index (χ3n) is 4.65. The molecule has 0 fully saturated rings. The van der Waals surface area contributed by atoms with E-state index in [0.717, 1.165) is 11.1 Å². The first-order valence-corrected chi connectivity index (χ1v) is 9.63. The van der Waals surface area contributed by atoms with Gasteiger partial charge in [0, 0.05) is 25.6 Å². The van der Waals surface area contributed by atoms with Gasteiger partial charge in [0.1, 0.15) is 0 Å². The van der Waals surface area contributed by atoms with E-state index in [1.54, 1.807) is 12.1 Å². The summed E-state index contributed by atoms with van der Waals surface area (Å²) in [5.41, 5.74) is 1.64. The van der Waals surface area contributed by atoms with Gasteiger partial charge in [0.15, 0.2) is 11.5 Å². The van der Waals surface area contributed by atoms with Gasteiger partial charge in [-0.1, -0.05) is 30.3 Å². The van der Waals surface area contributed by atoms with Gasteiger partial charge in [0.05, 0.1) is 20.3 Å². The van der Waals surface area contributed by atoms with Crippen LogP contribution in [0.1, 0.15) is 17.2 Å². The largest absolute Gasteiger partial charge is 0.493 e. The minimum absolute atomic E-state index is 0.0485. The van der Waals surface area contributed by atoms with Crippen molar-refractivity contribution in [3.8, 4) is 17.2 Å². The number of methoxy groups -OCH3 is 2. The lowest BCUT2D eigenvalue weighted by Gasteiger charge is -2.27. The minimum atomic E-state index is -2.98. The number of alkyl halides is 2. The standard InChI is InChI=1S/C22H30F2N2O4/c1-26(2)14-17(20(27)16-8-6-5-7-9-16)13-25-12-15-10-18(28-3)21(30-22(23)24)19(11-15)29-4/h5-11,17,20,22,25,27H,12-14H2,1-4H3/t17-,20+/m0/s1. The molecule has 0 aliphatic rings. The number of benzene rings is 2. The Labute approximate surface area is 176 Å². The lowest BCUT2D eigenvalue weighted by Crippen LogP contribution is -2.34.